The highest BCUT2D eigenvalue weighted by atomic mass is 127. The van der Waals surface area contributed by atoms with Gasteiger partial charge in [0.05, 0.1) is 6.54 Å². The topological polar surface area (TPSA) is 36.9 Å². The normalized spacial score (nSPS) is 12.3. The van der Waals surface area contributed by atoms with Crippen LogP contribution in [-0.4, -0.2) is 44.1 Å². The molecule has 0 bridgehead atoms. The summed E-state index contributed by atoms with van der Waals surface area (Å²) in [5.74, 6) is 1.68. The van der Waals surface area contributed by atoms with Gasteiger partial charge < -0.3 is 15.0 Å². The van der Waals surface area contributed by atoms with Crippen molar-refractivity contribution < 1.29 is 4.74 Å². The molecule has 6 heteroatoms. The average Bonchev–Trinajstić information content (AvgIpc) is 2.37. The molecule has 1 aromatic carbocycles. The molecule has 0 fully saturated rings. The molecule has 0 saturated heterocycles. The van der Waals surface area contributed by atoms with Gasteiger partial charge in [0.2, 0.25) is 0 Å². The molecule has 20 heavy (non-hydrogen) atoms. The summed E-state index contributed by atoms with van der Waals surface area (Å²) in [7, 11) is 3.93. The predicted molar refractivity (Wildman–Crippen MR) is 96.6 cm³/mol. The van der Waals surface area contributed by atoms with E-state index in [4.69, 9.17) is 16.3 Å². The average molecular weight is 412 g/mol. The van der Waals surface area contributed by atoms with Gasteiger partial charge in [0, 0.05) is 25.7 Å². The molecule has 0 aliphatic rings. The fraction of sp³-hybridized carbons (Fsp3) is 0.500. The number of hydrogen-bond donors (Lipinski definition) is 1. The van der Waals surface area contributed by atoms with Crippen molar-refractivity contribution in [3.05, 3.63) is 29.3 Å². The van der Waals surface area contributed by atoms with Crippen molar-refractivity contribution in [1.82, 2.24) is 10.2 Å². The number of nitrogens with zero attached hydrogens (tertiary/aromatic N) is 2. The molecule has 4 nitrogen and oxygen atoms in total. The van der Waals surface area contributed by atoms with Crippen LogP contribution in [0.4, 0.5) is 0 Å². The van der Waals surface area contributed by atoms with Crippen LogP contribution in [0, 0.1) is 0 Å². The maximum atomic E-state index is 5.83. The molecule has 0 aliphatic carbocycles. The van der Waals surface area contributed by atoms with Gasteiger partial charge in [-0.2, -0.15) is 0 Å². The van der Waals surface area contributed by atoms with E-state index >= 15 is 0 Å². The summed E-state index contributed by atoms with van der Waals surface area (Å²) in [6, 6.07) is 7.35. The zero-order valence-electron chi connectivity index (χ0n) is 12.4. The van der Waals surface area contributed by atoms with Gasteiger partial charge >= 0.3 is 0 Å². The van der Waals surface area contributed by atoms with Crippen LogP contribution in [0.25, 0.3) is 0 Å². The molecule has 1 N–H and O–H groups in total. The van der Waals surface area contributed by atoms with Crippen molar-refractivity contribution in [1.29, 1.82) is 0 Å². The van der Waals surface area contributed by atoms with E-state index in [2.05, 4.69) is 10.3 Å². The van der Waals surface area contributed by atoms with Gasteiger partial charge in [-0.3, -0.25) is 0 Å². The van der Waals surface area contributed by atoms with Crippen LogP contribution in [0.3, 0.4) is 0 Å². The van der Waals surface area contributed by atoms with Crippen molar-refractivity contribution in [3.63, 3.8) is 0 Å². The van der Waals surface area contributed by atoms with Crippen molar-refractivity contribution in [2.45, 2.75) is 20.0 Å². The summed E-state index contributed by atoms with van der Waals surface area (Å²) in [5.41, 5.74) is 0. The number of rotatable bonds is 5. The quantitative estimate of drug-likeness (QED) is 0.459. The minimum absolute atomic E-state index is 0. The van der Waals surface area contributed by atoms with Gasteiger partial charge in [0.1, 0.15) is 11.9 Å². The molecule has 0 radical (unpaired) electrons. The Hall–Kier alpha value is -0.690. The summed E-state index contributed by atoms with van der Waals surface area (Å²) in [5, 5.41) is 3.92. The highest BCUT2D eigenvalue weighted by molar-refractivity contribution is 14.0. The maximum Gasteiger partial charge on any atom is 0.193 e. The molecule has 0 amide bonds. The highest BCUT2D eigenvalue weighted by Gasteiger charge is 2.05. The minimum atomic E-state index is 0. The first-order chi connectivity index (χ1) is 9.02. The SMILES string of the molecule is CCNC(=NCC(C)Oc1ccc(Cl)cc1)N(C)C.I. The molecule has 0 heterocycles. The summed E-state index contributed by atoms with van der Waals surface area (Å²) in [6.45, 7) is 5.50. The largest absolute Gasteiger partial charge is 0.489 e. The Morgan fingerprint density at radius 3 is 2.45 bits per heavy atom. The molecule has 0 saturated carbocycles. The molecule has 114 valence electrons. The number of halogens is 2. The van der Waals surface area contributed by atoms with Gasteiger partial charge in [0.15, 0.2) is 5.96 Å². The summed E-state index contributed by atoms with van der Waals surface area (Å²) in [6.07, 6.45) is 0.00906. The van der Waals surface area contributed by atoms with Gasteiger partial charge in [0.25, 0.3) is 0 Å². The number of guanidine groups is 1. The second-order valence-electron chi connectivity index (χ2n) is 4.47. The van der Waals surface area contributed by atoms with Crippen LogP contribution in [0.5, 0.6) is 5.75 Å². The summed E-state index contributed by atoms with van der Waals surface area (Å²) >= 11 is 5.83. The van der Waals surface area contributed by atoms with Crippen LogP contribution < -0.4 is 10.1 Å². The van der Waals surface area contributed by atoms with Gasteiger partial charge in [-0.05, 0) is 38.1 Å². The Kier molecular flexibility index (Phi) is 9.75. The number of ether oxygens (including phenoxy) is 1. The fourth-order valence-electron chi connectivity index (χ4n) is 1.51. The zero-order valence-corrected chi connectivity index (χ0v) is 15.5. The van der Waals surface area contributed by atoms with Crippen LogP contribution in [0.1, 0.15) is 13.8 Å². The van der Waals surface area contributed by atoms with Gasteiger partial charge in [-0.25, -0.2) is 4.99 Å². The van der Waals surface area contributed by atoms with Crippen molar-refractivity contribution >= 4 is 41.5 Å². The lowest BCUT2D eigenvalue weighted by Gasteiger charge is -2.18. The first kappa shape index (κ1) is 19.3. The van der Waals surface area contributed by atoms with Crippen molar-refractivity contribution in [2.24, 2.45) is 4.99 Å². The number of aliphatic imine (C=N–C) groups is 1. The molecule has 1 atom stereocenters. The van der Waals surface area contributed by atoms with E-state index in [0.717, 1.165) is 18.3 Å². The van der Waals surface area contributed by atoms with E-state index in [1.807, 2.05) is 57.1 Å². The van der Waals surface area contributed by atoms with E-state index in [1.165, 1.54) is 0 Å². The smallest absolute Gasteiger partial charge is 0.193 e. The van der Waals surface area contributed by atoms with E-state index in [0.29, 0.717) is 11.6 Å². The number of hydrogen-bond acceptors (Lipinski definition) is 2. The minimum Gasteiger partial charge on any atom is -0.489 e. The van der Waals surface area contributed by atoms with Crippen LogP contribution in [0.2, 0.25) is 5.02 Å². The lowest BCUT2D eigenvalue weighted by Crippen LogP contribution is -2.37. The lowest BCUT2D eigenvalue weighted by molar-refractivity contribution is 0.230. The third-order valence-corrected chi connectivity index (χ3v) is 2.66. The fourth-order valence-corrected chi connectivity index (χ4v) is 1.64. The van der Waals surface area contributed by atoms with Gasteiger partial charge in [-0.15, -0.1) is 24.0 Å². The Morgan fingerprint density at radius 2 is 1.95 bits per heavy atom. The van der Waals surface area contributed by atoms with E-state index in [1.54, 1.807) is 0 Å². The molecule has 0 spiro atoms. The second kappa shape index (κ2) is 10.1. The molecule has 0 aliphatic heterocycles. The van der Waals surface area contributed by atoms with Gasteiger partial charge in [-0.1, -0.05) is 11.6 Å². The Balaban J connectivity index is 0.00000361. The monoisotopic (exact) mass is 411 g/mol. The molecular weight excluding hydrogens is 389 g/mol. The Bertz CT molecular complexity index is 409. The Labute approximate surface area is 143 Å². The third kappa shape index (κ3) is 7.19. The molecular formula is C14H23ClIN3O. The summed E-state index contributed by atoms with van der Waals surface area (Å²) in [4.78, 5) is 6.46. The number of nitrogens with one attached hydrogen (secondary N) is 1. The van der Waals surface area contributed by atoms with Crippen LogP contribution >= 0.6 is 35.6 Å². The van der Waals surface area contributed by atoms with E-state index in [9.17, 15) is 0 Å². The number of benzene rings is 1. The lowest BCUT2D eigenvalue weighted by atomic mass is 10.3. The maximum absolute atomic E-state index is 5.83. The second-order valence-corrected chi connectivity index (χ2v) is 4.91. The Morgan fingerprint density at radius 1 is 1.35 bits per heavy atom. The first-order valence-corrected chi connectivity index (χ1v) is 6.78. The molecule has 1 rings (SSSR count). The van der Waals surface area contributed by atoms with Crippen LogP contribution in [-0.2, 0) is 0 Å². The zero-order chi connectivity index (χ0) is 14.3. The predicted octanol–water partition coefficient (Wildman–Crippen LogP) is 3.25. The molecule has 1 unspecified atom stereocenters. The van der Waals surface area contributed by atoms with Crippen LogP contribution in [0.15, 0.2) is 29.3 Å². The summed E-state index contributed by atoms with van der Waals surface area (Å²) < 4.78 is 5.77. The van der Waals surface area contributed by atoms with E-state index in [-0.39, 0.29) is 30.1 Å². The molecule has 1 aromatic rings. The van der Waals surface area contributed by atoms with E-state index < -0.39 is 0 Å². The van der Waals surface area contributed by atoms with Crippen molar-refractivity contribution in [2.75, 3.05) is 27.2 Å². The van der Waals surface area contributed by atoms with Crippen molar-refractivity contribution in [3.8, 4) is 5.75 Å². The highest BCUT2D eigenvalue weighted by Crippen LogP contribution is 2.16. The standard InChI is InChI=1S/C14H22ClN3O.HI/c1-5-16-14(18(3)4)17-10-11(2)19-13-8-6-12(15)7-9-13;/h6-9,11H,5,10H2,1-4H3,(H,16,17);1H. The first-order valence-electron chi connectivity index (χ1n) is 6.40. The molecule has 0 aromatic heterocycles. The third-order valence-electron chi connectivity index (χ3n) is 2.41.